The van der Waals surface area contributed by atoms with Crippen molar-refractivity contribution in [1.29, 1.82) is 0 Å². The number of nitrogens with zero attached hydrogens (tertiary/aromatic N) is 1. The van der Waals surface area contributed by atoms with Gasteiger partial charge in [-0.1, -0.05) is 36.8 Å². The molecule has 2 aromatic rings. The van der Waals surface area contributed by atoms with Crippen LogP contribution in [0.2, 0.25) is 0 Å². The molecule has 0 bridgehead atoms. The Hall–Kier alpha value is -1.61. The number of aryl methyl sites for hydroxylation is 1. The van der Waals surface area contributed by atoms with Gasteiger partial charge in [-0.05, 0) is 35.9 Å². The molecule has 2 heterocycles. The van der Waals surface area contributed by atoms with Gasteiger partial charge < -0.3 is 4.90 Å². The predicted molar refractivity (Wildman–Crippen MR) is 83.0 cm³/mol. The van der Waals surface area contributed by atoms with Crippen LogP contribution in [0.15, 0.2) is 35.7 Å². The van der Waals surface area contributed by atoms with Gasteiger partial charge in [0.25, 0.3) is 0 Å². The molecule has 3 heteroatoms. The Morgan fingerprint density at radius 3 is 2.75 bits per heavy atom. The Morgan fingerprint density at radius 2 is 2.05 bits per heavy atom. The lowest BCUT2D eigenvalue weighted by Gasteiger charge is -2.36. The first kappa shape index (κ1) is 13.4. The monoisotopic (exact) mass is 285 g/mol. The van der Waals surface area contributed by atoms with Crippen molar-refractivity contribution in [1.82, 2.24) is 4.90 Å². The summed E-state index contributed by atoms with van der Waals surface area (Å²) in [4.78, 5) is 15.7. The molecule has 1 aromatic heterocycles. The summed E-state index contributed by atoms with van der Waals surface area (Å²) < 4.78 is 0. The second kappa shape index (κ2) is 5.41. The SMILES string of the molecule is CCC(=O)N1CCc2sccc2[C@H]1c1ccc(C)cc1. The number of thiophene rings is 1. The predicted octanol–water partition coefficient (Wildman–Crippen LogP) is 3.94. The highest BCUT2D eigenvalue weighted by Crippen LogP contribution is 2.38. The largest absolute Gasteiger partial charge is 0.331 e. The van der Waals surface area contributed by atoms with Crippen LogP contribution < -0.4 is 0 Å². The molecule has 20 heavy (non-hydrogen) atoms. The van der Waals surface area contributed by atoms with E-state index in [9.17, 15) is 4.79 Å². The van der Waals surface area contributed by atoms with Crippen molar-refractivity contribution in [2.24, 2.45) is 0 Å². The van der Waals surface area contributed by atoms with Crippen LogP contribution in [0.5, 0.6) is 0 Å². The van der Waals surface area contributed by atoms with E-state index in [1.807, 2.05) is 23.2 Å². The van der Waals surface area contributed by atoms with Crippen LogP contribution >= 0.6 is 11.3 Å². The lowest BCUT2D eigenvalue weighted by molar-refractivity contribution is -0.132. The van der Waals surface area contributed by atoms with E-state index in [0.29, 0.717) is 6.42 Å². The van der Waals surface area contributed by atoms with E-state index < -0.39 is 0 Å². The Morgan fingerprint density at radius 1 is 1.30 bits per heavy atom. The fourth-order valence-corrected chi connectivity index (χ4v) is 3.80. The third-order valence-corrected chi connectivity index (χ3v) is 4.98. The molecule has 1 aliphatic rings. The molecule has 1 amide bonds. The van der Waals surface area contributed by atoms with Crippen molar-refractivity contribution in [2.75, 3.05) is 6.54 Å². The normalized spacial score (nSPS) is 17.9. The fourth-order valence-electron chi connectivity index (χ4n) is 2.90. The maximum absolute atomic E-state index is 12.3. The van der Waals surface area contributed by atoms with Crippen LogP contribution in [0.4, 0.5) is 0 Å². The molecule has 0 radical (unpaired) electrons. The minimum atomic E-state index is 0.0954. The zero-order valence-corrected chi connectivity index (χ0v) is 12.7. The highest BCUT2D eigenvalue weighted by molar-refractivity contribution is 7.10. The molecule has 0 fully saturated rings. The van der Waals surface area contributed by atoms with Crippen LogP contribution in [0.25, 0.3) is 0 Å². The summed E-state index contributed by atoms with van der Waals surface area (Å²) in [6, 6.07) is 10.8. The number of carbonyl (C=O) groups is 1. The van der Waals surface area contributed by atoms with Crippen molar-refractivity contribution in [2.45, 2.75) is 32.7 Å². The number of carbonyl (C=O) groups excluding carboxylic acids is 1. The third kappa shape index (κ3) is 2.27. The molecular weight excluding hydrogens is 266 g/mol. The Balaban J connectivity index is 2.06. The van der Waals surface area contributed by atoms with E-state index in [-0.39, 0.29) is 11.9 Å². The fraction of sp³-hybridized carbons (Fsp3) is 0.353. The summed E-state index contributed by atoms with van der Waals surface area (Å²) in [6.45, 7) is 4.87. The number of rotatable bonds is 2. The maximum Gasteiger partial charge on any atom is 0.223 e. The lowest BCUT2D eigenvalue weighted by Crippen LogP contribution is -2.39. The smallest absolute Gasteiger partial charge is 0.223 e. The molecule has 1 aromatic carbocycles. The first-order chi connectivity index (χ1) is 9.70. The van der Waals surface area contributed by atoms with Gasteiger partial charge in [-0.3, -0.25) is 4.79 Å². The summed E-state index contributed by atoms with van der Waals surface area (Å²) >= 11 is 1.81. The van der Waals surface area contributed by atoms with Gasteiger partial charge in [0.05, 0.1) is 6.04 Å². The molecule has 1 atom stereocenters. The van der Waals surface area contributed by atoms with E-state index >= 15 is 0 Å². The molecule has 1 aliphatic heterocycles. The van der Waals surface area contributed by atoms with Crippen LogP contribution in [-0.4, -0.2) is 17.4 Å². The third-order valence-electron chi connectivity index (χ3n) is 3.98. The highest BCUT2D eigenvalue weighted by Gasteiger charge is 2.31. The Kier molecular flexibility index (Phi) is 3.62. The number of fused-ring (bicyclic) bond motifs is 1. The lowest BCUT2D eigenvalue weighted by atomic mass is 9.92. The van der Waals surface area contributed by atoms with Crippen LogP contribution in [0.1, 0.15) is 41.0 Å². The molecule has 0 saturated heterocycles. The van der Waals surface area contributed by atoms with Crippen molar-refractivity contribution >= 4 is 17.2 Å². The summed E-state index contributed by atoms with van der Waals surface area (Å²) in [6.07, 6.45) is 1.56. The van der Waals surface area contributed by atoms with E-state index in [0.717, 1.165) is 13.0 Å². The zero-order chi connectivity index (χ0) is 14.1. The molecule has 0 spiro atoms. The van der Waals surface area contributed by atoms with Gasteiger partial charge in [-0.25, -0.2) is 0 Å². The summed E-state index contributed by atoms with van der Waals surface area (Å²) in [5, 5.41) is 2.14. The van der Waals surface area contributed by atoms with Gasteiger partial charge in [0, 0.05) is 17.8 Å². The number of hydrogen-bond donors (Lipinski definition) is 0. The summed E-state index contributed by atoms with van der Waals surface area (Å²) in [5.74, 6) is 0.243. The molecule has 2 nitrogen and oxygen atoms in total. The van der Waals surface area contributed by atoms with Gasteiger partial charge in [-0.2, -0.15) is 0 Å². The van der Waals surface area contributed by atoms with E-state index in [2.05, 4.69) is 42.6 Å². The van der Waals surface area contributed by atoms with Crippen molar-refractivity contribution in [3.63, 3.8) is 0 Å². The van der Waals surface area contributed by atoms with Crippen molar-refractivity contribution in [3.8, 4) is 0 Å². The standard InChI is InChI=1S/C17H19NOS/c1-3-16(19)18-10-8-15-14(9-11-20-15)17(18)13-6-4-12(2)5-7-13/h4-7,9,11,17H,3,8,10H2,1-2H3/t17-/m1/s1. The summed E-state index contributed by atoms with van der Waals surface area (Å²) in [7, 11) is 0. The Labute approximate surface area is 124 Å². The first-order valence-corrected chi connectivity index (χ1v) is 8.01. The van der Waals surface area contributed by atoms with Gasteiger partial charge in [0.15, 0.2) is 0 Å². The first-order valence-electron chi connectivity index (χ1n) is 7.13. The number of hydrogen-bond acceptors (Lipinski definition) is 2. The zero-order valence-electron chi connectivity index (χ0n) is 11.9. The van der Waals surface area contributed by atoms with Gasteiger partial charge in [0.1, 0.15) is 0 Å². The van der Waals surface area contributed by atoms with Crippen LogP contribution in [-0.2, 0) is 11.2 Å². The molecule has 104 valence electrons. The quantitative estimate of drug-likeness (QED) is 0.818. The van der Waals surface area contributed by atoms with Gasteiger partial charge in [-0.15, -0.1) is 11.3 Å². The van der Waals surface area contributed by atoms with Crippen LogP contribution in [0.3, 0.4) is 0 Å². The van der Waals surface area contributed by atoms with Gasteiger partial charge in [0.2, 0.25) is 5.91 Å². The molecular formula is C17H19NOS. The summed E-state index contributed by atoms with van der Waals surface area (Å²) in [5.41, 5.74) is 3.78. The second-order valence-electron chi connectivity index (χ2n) is 5.30. The van der Waals surface area contributed by atoms with Gasteiger partial charge >= 0.3 is 0 Å². The molecule has 0 N–H and O–H groups in total. The van der Waals surface area contributed by atoms with E-state index in [4.69, 9.17) is 0 Å². The van der Waals surface area contributed by atoms with Crippen molar-refractivity contribution < 1.29 is 4.79 Å². The maximum atomic E-state index is 12.3. The molecule has 0 unspecified atom stereocenters. The molecule has 0 saturated carbocycles. The molecule has 0 aliphatic carbocycles. The average molecular weight is 285 g/mol. The molecule has 3 rings (SSSR count). The minimum Gasteiger partial charge on any atom is -0.331 e. The minimum absolute atomic E-state index is 0.0954. The van der Waals surface area contributed by atoms with Crippen molar-refractivity contribution in [3.05, 3.63) is 57.3 Å². The van der Waals surface area contributed by atoms with E-state index in [1.54, 1.807) is 0 Å². The average Bonchev–Trinajstić information content (AvgIpc) is 2.95. The highest BCUT2D eigenvalue weighted by atomic mass is 32.1. The number of amides is 1. The second-order valence-corrected chi connectivity index (χ2v) is 6.30. The number of benzene rings is 1. The Bertz CT molecular complexity index is 614. The topological polar surface area (TPSA) is 20.3 Å². The van der Waals surface area contributed by atoms with Crippen LogP contribution in [0, 0.1) is 6.92 Å². The van der Waals surface area contributed by atoms with E-state index in [1.165, 1.54) is 21.6 Å².